The van der Waals surface area contributed by atoms with Crippen molar-refractivity contribution in [3.8, 4) is 0 Å². The number of guanidine groups is 1. The third kappa shape index (κ3) is 2.44. The number of fused-ring (bicyclic) bond motifs is 3. The highest BCUT2D eigenvalue weighted by Gasteiger charge is 2.55. The lowest BCUT2D eigenvalue weighted by Crippen LogP contribution is -2.64. The summed E-state index contributed by atoms with van der Waals surface area (Å²) in [4.78, 5) is 37.3. The van der Waals surface area contributed by atoms with Gasteiger partial charge in [0.1, 0.15) is 5.82 Å². The van der Waals surface area contributed by atoms with Gasteiger partial charge in [-0.25, -0.2) is 14.2 Å². The molecule has 148 valence electrons. The molecule has 0 radical (unpaired) electrons. The van der Waals surface area contributed by atoms with E-state index in [1.165, 1.54) is 23.1 Å². The quantitative estimate of drug-likeness (QED) is 0.776. The van der Waals surface area contributed by atoms with Crippen LogP contribution in [0.25, 0.3) is 0 Å². The zero-order chi connectivity index (χ0) is 20.3. The minimum absolute atomic E-state index is 0.122. The molecule has 3 aliphatic heterocycles. The fourth-order valence-corrected chi connectivity index (χ4v) is 4.27. The molecule has 0 bridgehead atoms. The number of amides is 3. The molecule has 1 fully saturated rings. The first-order valence-corrected chi connectivity index (χ1v) is 9.48. The Hall–Kier alpha value is -2.61. The average Bonchev–Trinajstić information content (AvgIpc) is 3.15. The maximum atomic E-state index is 14.3. The van der Waals surface area contributed by atoms with E-state index in [4.69, 9.17) is 11.6 Å². The SMILES string of the molecule is CCN1C2=NC3C(C(=O)N(Cc4c(F)cccc4Cl)C(=O)N3C)N2C(C)=C1C. The van der Waals surface area contributed by atoms with Crippen LogP contribution in [-0.2, 0) is 11.3 Å². The zero-order valence-corrected chi connectivity index (χ0v) is 16.9. The molecule has 28 heavy (non-hydrogen) atoms. The maximum absolute atomic E-state index is 14.3. The molecule has 3 heterocycles. The molecule has 1 aromatic carbocycles. The van der Waals surface area contributed by atoms with Crippen LogP contribution in [-0.4, -0.2) is 63.3 Å². The summed E-state index contributed by atoms with van der Waals surface area (Å²) in [5.41, 5.74) is 2.07. The van der Waals surface area contributed by atoms with Crippen LogP contribution in [0.2, 0.25) is 5.02 Å². The predicted octanol–water partition coefficient (Wildman–Crippen LogP) is 2.83. The molecule has 0 N–H and O–H groups in total. The Labute approximate surface area is 167 Å². The molecule has 0 aromatic heterocycles. The van der Waals surface area contributed by atoms with Crippen molar-refractivity contribution in [1.82, 2.24) is 19.6 Å². The van der Waals surface area contributed by atoms with Crippen molar-refractivity contribution in [1.29, 1.82) is 0 Å². The van der Waals surface area contributed by atoms with Crippen molar-refractivity contribution < 1.29 is 14.0 Å². The third-order valence-corrected chi connectivity index (χ3v) is 6.05. The van der Waals surface area contributed by atoms with Gasteiger partial charge in [-0.3, -0.25) is 14.6 Å². The number of aliphatic imine (C=N–C) groups is 1. The van der Waals surface area contributed by atoms with E-state index >= 15 is 0 Å². The van der Waals surface area contributed by atoms with Crippen LogP contribution in [0.3, 0.4) is 0 Å². The molecule has 0 aliphatic carbocycles. The number of halogens is 2. The summed E-state index contributed by atoms with van der Waals surface area (Å²) in [6.45, 7) is 6.41. The summed E-state index contributed by atoms with van der Waals surface area (Å²) in [5.74, 6) is -0.283. The Morgan fingerprint density at radius 1 is 1.18 bits per heavy atom. The predicted molar refractivity (Wildman–Crippen MR) is 103 cm³/mol. The van der Waals surface area contributed by atoms with Gasteiger partial charge in [-0.2, -0.15) is 0 Å². The molecule has 2 unspecified atom stereocenters. The van der Waals surface area contributed by atoms with Crippen molar-refractivity contribution in [2.75, 3.05) is 13.6 Å². The molecule has 3 amide bonds. The minimum atomic E-state index is -0.672. The molecule has 2 atom stereocenters. The van der Waals surface area contributed by atoms with Crippen LogP contribution in [0.1, 0.15) is 26.3 Å². The average molecular weight is 406 g/mol. The Morgan fingerprint density at radius 2 is 1.89 bits per heavy atom. The molecule has 4 rings (SSSR count). The summed E-state index contributed by atoms with van der Waals surface area (Å²) in [7, 11) is 1.61. The van der Waals surface area contributed by atoms with Crippen molar-refractivity contribution in [3.63, 3.8) is 0 Å². The lowest BCUT2D eigenvalue weighted by molar-refractivity contribution is -0.137. The first-order valence-electron chi connectivity index (χ1n) is 9.11. The number of allylic oxidation sites excluding steroid dienone is 2. The first kappa shape index (κ1) is 18.7. The fourth-order valence-electron chi connectivity index (χ4n) is 4.05. The van der Waals surface area contributed by atoms with E-state index in [2.05, 4.69) is 4.99 Å². The monoisotopic (exact) mass is 405 g/mol. The molecule has 1 aromatic rings. The number of hydrogen-bond donors (Lipinski definition) is 0. The molecule has 0 saturated carbocycles. The van der Waals surface area contributed by atoms with E-state index in [0.29, 0.717) is 12.5 Å². The summed E-state index contributed by atoms with van der Waals surface area (Å²) in [6, 6.07) is 3.10. The second-order valence-corrected chi connectivity index (χ2v) is 7.50. The van der Waals surface area contributed by atoms with Gasteiger partial charge in [-0.1, -0.05) is 17.7 Å². The smallest absolute Gasteiger partial charge is 0.315 e. The fraction of sp³-hybridized carbons (Fsp3) is 0.421. The molecule has 9 heteroatoms. The highest BCUT2D eigenvalue weighted by Crippen LogP contribution is 2.38. The van der Waals surface area contributed by atoms with E-state index in [1.54, 1.807) is 7.05 Å². The summed E-state index contributed by atoms with van der Waals surface area (Å²) < 4.78 is 14.3. The van der Waals surface area contributed by atoms with Crippen LogP contribution in [0.4, 0.5) is 9.18 Å². The third-order valence-electron chi connectivity index (χ3n) is 5.70. The van der Waals surface area contributed by atoms with Crippen LogP contribution < -0.4 is 0 Å². The Balaban J connectivity index is 1.72. The minimum Gasteiger partial charge on any atom is -0.315 e. The van der Waals surface area contributed by atoms with Crippen molar-refractivity contribution in [3.05, 3.63) is 46.0 Å². The standard InChI is InChI=1S/C19H21ClFN5O2/c1-5-24-10(2)11(3)26-15-16(22-18(24)26)23(4)19(28)25(17(15)27)9-12-13(20)7-6-8-14(12)21/h6-8,15-16H,5,9H2,1-4H3. The van der Waals surface area contributed by atoms with Gasteiger partial charge >= 0.3 is 6.03 Å². The molecular weight excluding hydrogens is 385 g/mol. The van der Waals surface area contributed by atoms with E-state index in [-0.39, 0.29) is 17.1 Å². The number of carbonyl (C=O) groups excluding carboxylic acids is 2. The van der Waals surface area contributed by atoms with E-state index in [0.717, 1.165) is 16.3 Å². The summed E-state index contributed by atoms with van der Waals surface area (Å²) in [6.07, 6.45) is -0.612. The number of likely N-dealkylation sites (N-methyl/N-ethyl adjacent to an activating group) is 1. The van der Waals surface area contributed by atoms with Gasteiger partial charge in [0.15, 0.2) is 12.2 Å². The largest absolute Gasteiger partial charge is 0.328 e. The van der Waals surface area contributed by atoms with Gasteiger partial charge in [-0.15, -0.1) is 0 Å². The number of nitrogens with zero attached hydrogens (tertiary/aromatic N) is 5. The van der Waals surface area contributed by atoms with E-state index < -0.39 is 30.0 Å². The van der Waals surface area contributed by atoms with Gasteiger partial charge < -0.3 is 9.80 Å². The van der Waals surface area contributed by atoms with Crippen molar-refractivity contribution in [2.24, 2.45) is 4.99 Å². The van der Waals surface area contributed by atoms with Gasteiger partial charge in [-0.05, 0) is 32.9 Å². The number of benzene rings is 1. The highest BCUT2D eigenvalue weighted by atomic mass is 35.5. The van der Waals surface area contributed by atoms with Crippen molar-refractivity contribution >= 4 is 29.5 Å². The molecular formula is C19H21ClFN5O2. The lowest BCUT2D eigenvalue weighted by Gasteiger charge is -2.40. The Kier molecular flexibility index (Phi) is 4.33. The number of rotatable bonds is 3. The molecule has 0 spiro atoms. The molecule has 3 aliphatic rings. The zero-order valence-electron chi connectivity index (χ0n) is 16.1. The van der Waals surface area contributed by atoms with E-state index in [1.807, 2.05) is 30.6 Å². The molecule has 1 saturated heterocycles. The topological polar surface area (TPSA) is 59.5 Å². The number of hydrogen-bond acceptors (Lipinski definition) is 5. The van der Waals surface area contributed by atoms with Crippen molar-refractivity contribution in [2.45, 2.75) is 39.5 Å². The normalized spacial score (nSPS) is 24.3. The molecule has 7 nitrogen and oxygen atoms in total. The van der Waals surface area contributed by atoms with Crippen LogP contribution in [0.5, 0.6) is 0 Å². The van der Waals surface area contributed by atoms with Crippen LogP contribution in [0.15, 0.2) is 34.6 Å². The van der Waals surface area contributed by atoms with Gasteiger partial charge in [0.25, 0.3) is 5.91 Å². The van der Waals surface area contributed by atoms with Gasteiger partial charge in [0.2, 0.25) is 5.96 Å². The second kappa shape index (κ2) is 6.48. The van der Waals surface area contributed by atoms with Crippen LogP contribution in [0, 0.1) is 5.82 Å². The first-order chi connectivity index (χ1) is 13.3. The van der Waals surface area contributed by atoms with Gasteiger partial charge in [0.05, 0.1) is 6.54 Å². The maximum Gasteiger partial charge on any atom is 0.328 e. The Morgan fingerprint density at radius 3 is 2.54 bits per heavy atom. The lowest BCUT2D eigenvalue weighted by atomic mass is 10.1. The number of carbonyl (C=O) groups is 2. The summed E-state index contributed by atoms with van der Waals surface area (Å²) in [5, 5.41) is 0.180. The van der Waals surface area contributed by atoms with Crippen LogP contribution >= 0.6 is 11.6 Å². The van der Waals surface area contributed by atoms with E-state index in [9.17, 15) is 14.0 Å². The van der Waals surface area contributed by atoms with Gasteiger partial charge in [0, 0.05) is 35.6 Å². The number of urea groups is 1. The second-order valence-electron chi connectivity index (χ2n) is 7.09. The summed E-state index contributed by atoms with van der Waals surface area (Å²) >= 11 is 6.11. The number of imide groups is 1. The Bertz CT molecular complexity index is 926. The highest BCUT2D eigenvalue weighted by molar-refractivity contribution is 6.31.